The summed E-state index contributed by atoms with van der Waals surface area (Å²) in [6.45, 7) is 3.78. The standard InChI is InChI=1S/C29H33F3N2O4S/c1-18-17-33-23-4-3-20(38-2)15-21(23)27(18)24(35)5-6-29(16-26(36)37)7-9-34(10-8-29)11-12-39-25-14-19(30)13-22(31)28(25)32/h3-4,13-15,17,24,35H,5-12,16H2,1-2H3,(H,36,37)/t24-/m0/s1. The number of aliphatic hydroxyl groups is 1. The topological polar surface area (TPSA) is 82.9 Å². The average molecular weight is 563 g/mol. The minimum Gasteiger partial charge on any atom is -0.497 e. The molecule has 0 aliphatic carbocycles. The molecule has 1 aliphatic rings. The molecule has 0 radical (unpaired) electrons. The van der Waals surface area contributed by atoms with Gasteiger partial charge in [-0.15, -0.1) is 11.8 Å². The van der Waals surface area contributed by atoms with E-state index in [9.17, 15) is 28.2 Å². The number of carbonyl (C=O) groups is 1. The fourth-order valence-electron chi connectivity index (χ4n) is 5.46. The Hall–Kier alpha value is -2.82. The molecule has 1 aromatic heterocycles. The molecule has 3 aromatic rings. The van der Waals surface area contributed by atoms with E-state index in [1.807, 2.05) is 25.1 Å². The summed E-state index contributed by atoms with van der Waals surface area (Å²) in [5.41, 5.74) is 1.93. The van der Waals surface area contributed by atoms with E-state index in [4.69, 9.17) is 4.74 Å². The third kappa shape index (κ3) is 7.04. The van der Waals surface area contributed by atoms with E-state index in [1.54, 1.807) is 13.3 Å². The Morgan fingerprint density at radius 3 is 2.64 bits per heavy atom. The minimum absolute atomic E-state index is 0.0139. The molecule has 0 saturated carbocycles. The van der Waals surface area contributed by atoms with E-state index >= 15 is 0 Å². The van der Waals surface area contributed by atoms with E-state index in [1.165, 1.54) is 0 Å². The maximum atomic E-state index is 13.9. The van der Waals surface area contributed by atoms with Crippen LogP contribution in [0.15, 0.2) is 41.4 Å². The van der Waals surface area contributed by atoms with Gasteiger partial charge in [-0.3, -0.25) is 9.78 Å². The van der Waals surface area contributed by atoms with Crippen LogP contribution < -0.4 is 4.74 Å². The third-order valence-electron chi connectivity index (χ3n) is 7.66. The number of rotatable bonds is 11. The Morgan fingerprint density at radius 1 is 1.21 bits per heavy atom. The van der Waals surface area contributed by atoms with Gasteiger partial charge in [0.05, 0.1) is 25.2 Å². The summed E-state index contributed by atoms with van der Waals surface area (Å²) in [6.07, 6.45) is 3.20. The second-order valence-corrected chi connectivity index (χ2v) is 11.4. The van der Waals surface area contributed by atoms with Crippen LogP contribution in [0.5, 0.6) is 5.75 Å². The molecule has 2 N–H and O–H groups in total. The molecular formula is C29H33F3N2O4S. The zero-order chi connectivity index (χ0) is 28.2. The molecule has 1 fully saturated rings. The Kier molecular flexibility index (Phi) is 9.40. The summed E-state index contributed by atoms with van der Waals surface area (Å²) in [7, 11) is 1.58. The van der Waals surface area contributed by atoms with Crippen LogP contribution in [0, 0.1) is 29.8 Å². The van der Waals surface area contributed by atoms with Crippen molar-refractivity contribution in [1.82, 2.24) is 9.88 Å². The van der Waals surface area contributed by atoms with Crippen molar-refractivity contribution >= 4 is 28.6 Å². The molecule has 1 atom stereocenters. The number of ether oxygens (including phenoxy) is 1. The number of halogens is 3. The zero-order valence-corrected chi connectivity index (χ0v) is 22.9. The van der Waals surface area contributed by atoms with E-state index in [0.717, 1.165) is 39.9 Å². The van der Waals surface area contributed by atoms with Gasteiger partial charge < -0.3 is 19.8 Å². The molecule has 210 valence electrons. The van der Waals surface area contributed by atoms with Crippen LogP contribution in [0.3, 0.4) is 0 Å². The number of aliphatic hydroxyl groups excluding tert-OH is 1. The highest BCUT2D eigenvalue weighted by molar-refractivity contribution is 7.99. The predicted octanol–water partition coefficient (Wildman–Crippen LogP) is 6.13. The van der Waals surface area contributed by atoms with Crippen molar-refractivity contribution in [2.24, 2.45) is 5.41 Å². The first kappa shape index (κ1) is 29.2. The number of thioether (sulfide) groups is 1. The maximum absolute atomic E-state index is 13.9. The first-order chi connectivity index (χ1) is 18.6. The number of hydrogen-bond donors (Lipinski definition) is 2. The first-order valence-corrected chi connectivity index (χ1v) is 13.9. The number of methoxy groups -OCH3 is 1. The van der Waals surface area contributed by atoms with Crippen molar-refractivity contribution in [3.8, 4) is 5.75 Å². The average Bonchev–Trinajstić information content (AvgIpc) is 2.90. The van der Waals surface area contributed by atoms with Gasteiger partial charge in [0.25, 0.3) is 0 Å². The summed E-state index contributed by atoms with van der Waals surface area (Å²) in [6, 6.07) is 7.05. The number of hydrogen-bond acceptors (Lipinski definition) is 6. The van der Waals surface area contributed by atoms with Gasteiger partial charge in [0.2, 0.25) is 0 Å². The minimum atomic E-state index is -1.20. The molecule has 6 nitrogen and oxygen atoms in total. The van der Waals surface area contributed by atoms with Crippen molar-refractivity contribution < 1.29 is 32.9 Å². The smallest absolute Gasteiger partial charge is 0.303 e. The predicted molar refractivity (Wildman–Crippen MR) is 145 cm³/mol. The van der Waals surface area contributed by atoms with Crippen molar-refractivity contribution in [2.75, 3.05) is 32.5 Å². The van der Waals surface area contributed by atoms with Crippen molar-refractivity contribution in [2.45, 2.75) is 50.0 Å². The van der Waals surface area contributed by atoms with Gasteiger partial charge in [-0.2, -0.15) is 0 Å². The lowest BCUT2D eigenvalue weighted by atomic mass is 9.71. The highest BCUT2D eigenvalue weighted by atomic mass is 32.2. The third-order valence-corrected chi connectivity index (χ3v) is 8.66. The van der Waals surface area contributed by atoms with Crippen molar-refractivity contribution in [1.29, 1.82) is 0 Å². The molecule has 4 rings (SSSR count). The number of carboxylic acid groups (broad SMARTS) is 1. The Morgan fingerprint density at radius 2 is 1.95 bits per heavy atom. The lowest BCUT2D eigenvalue weighted by molar-refractivity contribution is -0.141. The van der Waals surface area contributed by atoms with E-state index in [2.05, 4.69) is 9.88 Å². The number of carboxylic acids is 1. The van der Waals surface area contributed by atoms with Crippen LogP contribution in [0.25, 0.3) is 10.9 Å². The maximum Gasteiger partial charge on any atom is 0.303 e. The van der Waals surface area contributed by atoms with Crippen LogP contribution in [-0.2, 0) is 4.79 Å². The molecule has 10 heteroatoms. The van der Waals surface area contributed by atoms with E-state index < -0.39 is 34.9 Å². The molecule has 0 amide bonds. The number of likely N-dealkylation sites (tertiary alicyclic amines) is 1. The van der Waals surface area contributed by atoms with Crippen LogP contribution in [-0.4, -0.2) is 58.6 Å². The molecule has 2 heterocycles. The Bertz CT molecular complexity index is 1330. The second kappa shape index (κ2) is 12.6. The Balaban J connectivity index is 1.39. The first-order valence-electron chi connectivity index (χ1n) is 12.9. The molecule has 0 bridgehead atoms. The molecule has 0 spiro atoms. The number of piperidine rings is 1. The Labute approximate surface area is 230 Å². The number of aryl methyl sites for hydroxylation is 1. The monoisotopic (exact) mass is 562 g/mol. The molecule has 1 saturated heterocycles. The number of benzene rings is 2. The van der Waals surface area contributed by atoms with Crippen LogP contribution in [0.4, 0.5) is 13.2 Å². The molecule has 2 aromatic carbocycles. The van der Waals surface area contributed by atoms with E-state index in [-0.39, 0.29) is 11.3 Å². The highest BCUT2D eigenvalue weighted by Gasteiger charge is 2.37. The van der Waals surface area contributed by atoms with Gasteiger partial charge in [0, 0.05) is 34.8 Å². The van der Waals surface area contributed by atoms with Crippen LogP contribution in [0.1, 0.15) is 49.3 Å². The van der Waals surface area contributed by atoms with Crippen LogP contribution in [0.2, 0.25) is 0 Å². The molecule has 39 heavy (non-hydrogen) atoms. The van der Waals surface area contributed by atoms with Gasteiger partial charge in [-0.05, 0) is 86.5 Å². The number of aromatic nitrogens is 1. The quantitative estimate of drug-likeness (QED) is 0.215. The zero-order valence-electron chi connectivity index (χ0n) is 22.1. The van der Waals surface area contributed by atoms with Gasteiger partial charge in [-0.1, -0.05) is 0 Å². The summed E-state index contributed by atoms with van der Waals surface area (Å²) < 4.78 is 46.2. The van der Waals surface area contributed by atoms with Crippen LogP contribution >= 0.6 is 11.8 Å². The molecule has 0 unspecified atom stereocenters. The fourth-order valence-corrected chi connectivity index (χ4v) is 6.45. The lowest BCUT2D eigenvalue weighted by Gasteiger charge is -2.41. The second-order valence-electron chi connectivity index (χ2n) is 10.3. The number of nitrogens with zero attached hydrogens (tertiary/aromatic N) is 2. The van der Waals surface area contributed by atoms with E-state index in [0.29, 0.717) is 62.9 Å². The fraction of sp³-hybridized carbons (Fsp3) is 0.448. The molecular weight excluding hydrogens is 529 g/mol. The van der Waals surface area contributed by atoms with Crippen molar-refractivity contribution in [3.05, 3.63) is 65.1 Å². The molecule has 1 aliphatic heterocycles. The number of aliphatic carboxylic acids is 1. The van der Waals surface area contributed by atoms with Gasteiger partial charge in [0.15, 0.2) is 11.6 Å². The summed E-state index contributed by atoms with van der Waals surface area (Å²) in [4.78, 5) is 18.3. The SMILES string of the molecule is COc1ccc2ncc(C)c([C@@H](O)CCC3(CC(=O)O)CCN(CCSc4cc(F)cc(F)c4F)CC3)c2c1. The van der Waals surface area contributed by atoms with Gasteiger partial charge in [0.1, 0.15) is 11.6 Å². The lowest BCUT2D eigenvalue weighted by Crippen LogP contribution is -2.42. The number of fused-ring (bicyclic) bond motifs is 1. The van der Waals surface area contributed by atoms with Gasteiger partial charge in [-0.25, -0.2) is 13.2 Å². The largest absolute Gasteiger partial charge is 0.497 e. The summed E-state index contributed by atoms with van der Waals surface area (Å²) in [5, 5.41) is 21.7. The normalized spacial score (nSPS) is 16.4. The number of pyridine rings is 1. The van der Waals surface area contributed by atoms with Gasteiger partial charge >= 0.3 is 5.97 Å². The summed E-state index contributed by atoms with van der Waals surface area (Å²) in [5.74, 6) is -2.82. The highest BCUT2D eigenvalue weighted by Crippen LogP contribution is 2.42. The summed E-state index contributed by atoms with van der Waals surface area (Å²) >= 11 is 1.06. The van der Waals surface area contributed by atoms with Crippen molar-refractivity contribution in [3.63, 3.8) is 0 Å².